The largest absolute Gasteiger partial charge is 0.465 e. The average molecular weight is 347 g/mol. The van der Waals surface area contributed by atoms with Crippen molar-refractivity contribution in [3.63, 3.8) is 0 Å². The van der Waals surface area contributed by atoms with Crippen LogP contribution in [0.1, 0.15) is 47.5 Å². The van der Waals surface area contributed by atoms with Gasteiger partial charge in [-0.05, 0) is 31.9 Å². The lowest BCUT2D eigenvalue weighted by Gasteiger charge is -2.35. The molecule has 1 fully saturated rings. The van der Waals surface area contributed by atoms with Crippen LogP contribution >= 0.6 is 0 Å². The Morgan fingerprint density at radius 3 is 2.92 bits per heavy atom. The summed E-state index contributed by atoms with van der Waals surface area (Å²) in [4.78, 5) is 14.3. The summed E-state index contributed by atoms with van der Waals surface area (Å²) < 4.78 is 10.7. The van der Waals surface area contributed by atoms with Gasteiger partial charge in [0.1, 0.15) is 17.3 Å². The maximum atomic E-state index is 12.1. The van der Waals surface area contributed by atoms with E-state index in [4.69, 9.17) is 8.94 Å². The number of hydrogen-bond donors (Lipinski definition) is 2. The van der Waals surface area contributed by atoms with Crippen LogP contribution in [0.25, 0.3) is 0 Å². The first-order valence-corrected chi connectivity index (χ1v) is 8.77. The van der Waals surface area contributed by atoms with E-state index in [-0.39, 0.29) is 17.6 Å². The minimum Gasteiger partial charge on any atom is -0.465 e. The van der Waals surface area contributed by atoms with Crippen molar-refractivity contribution in [2.24, 2.45) is 0 Å². The normalized spacial score (nSPS) is 21.4. The van der Waals surface area contributed by atoms with Gasteiger partial charge in [0.2, 0.25) is 0 Å². The van der Waals surface area contributed by atoms with Crippen LogP contribution in [0.15, 0.2) is 27.1 Å². The molecule has 136 valence electrons. The summed E-state index contributed by atoms with van der Waals surface area (Å²) in [6.45, 7) is 5.80. The number of carbonyl (C=O) groups excluding carboxylic acids is 1. The molecule has 2 aromatic rings. The monoisotopic (exact) mass is 347 g/mol. The molecule has 1 amide bonds. The molecule has 0 radical (unpaired) electrons. The zero-order valence-electron chi connectivity index (χ0n) is 14.7. The molecule has 3 rings (SSSR count). The fourth-order valence-electron chi connectivity index (χ4n) is 3.13. The molecule has 1 saturated heterocycles. The van der Waals surface area contributed by atoms with Crippen LogP contribution in [0.3, 0.4) is 0 Å². The molecule has 0 bridgehead atoms. The van der Waals surface area contributed by atoms with Crippen molar-refractivity contribution >= 4 is 5.91 Å². The van der Waals surface area contributed by atoms with Gasteiger partial charge in [0.05, 0.1) is 18.7 Å². The van der Waals surface area contributed by atoms with E-state index in [1.165, 1.54) is 0 Å². The maximum Gasteiger partial charge on any atom is 0.273 e. The summed E-state index contributed by atoms with van der Waals surface area (Å²) in [5, 5.41) is 16.9. The summed E-state index contributed by atoms with van der Waals surface area (Å²) in [5.74, 6) is 2.19. The van der Waals surface area contributed by atoms with E-state index in [1.54, 1.807) is 13.0 Å². The second-order valence-electron chi connectivity index (χ2n) is 6.61. The standard InChI is InChI=1S/C18H25N3O4/c1-3-4-13-5-6-14(24-13)10-21-8-7-15(17(22)11-21)19-18(23)16-9-12(2)25-20-16/h5-6,9,15,17,22H,3-4,7-8,10-11H2,1-2H3,(H,19,23)/t15-,17-/m0/s1. The summed E-state index contributed by atoms with van der Waals surface area (Å²) in [6, 6.07) is 5.31. The molecule has 0 aliphatic carbocycles. The molecule has 2 atom stereocenters. The van der Waals surface area contributed by atoms with Crippen molar-refractivity contribution < 1.29 is 18.8 Å². The van der Waals surface area contributed by atoms with Gasteiger partial charge in [0.25, 0.3) is 5.91 Å². The van der Waals surface area contributed by atoms with Crippen LogP contribution in [0, 0.1) is 6.92 Å². The Labute approximate surface area is 147 Å². The van der Waals surface area contributed by atoms with Gasteiger partial charge < -0.3 is 19.4 Å². The van der Waals surface area contributed by atoms with Gasteiger partial charge >= 0.3 is 0 Å². The maximum absolute atomic E-state index is 12.1. The quantitative estimate of drug-likeness (QED) is 0.829. The zero-order chi connectivity index (χ0) is 17.8. The lowest BCUT2D eigenvalue weighted by atomic mass is 10.0. The minimum absolute atomic E-state index is 0.242. The average Bonchev–Trinajstić information content (AvgIpc) is 3.19. The molecule has 2 aromatic heterocycles. The number of aliphatic hydroxyl groups excluding tert-OH is 1. The van der Waals surface area contributed by atoms with Gasteiger partial charge in [0, 0.05) is 25.6 Å². The fourth-order valence-corrected chi connectivity index (χ4v) is 3.13. The van der Waals surface area contributed by atoms with Gasteiger partial charge in [-0.15, -0.1) is 0 Å². The number of aryl methyl sites for hydroxylation is 2. The molecule has 1 aliphatic rings. The summed E-state index contributed by atoms with van der Waals surface area (Å²) in [5.41, 5.74) is 0.242. The number of aliphatic hydroxyl groups is 1. The van der Waals surface area contributed by atoms with Crippen LogP contribution in [0.2, 0.25) is 0 Å². The molecule has 0 aromatic carbocycles. The van der Waals surface area contributed by atoms with E-state index in [1.807, 2.05) is 12.1 Å². The first-order chi connectivity index (χ1) is 12.0. The van der Waals surface area contributed by atoms with E-state index in [2.05, 4.69) is 22.3 Å². The van der Waals surface area contributed by atoms with Gasteiger partial charge in [-0.2, -0.15) is 0 Å². The SMILES string of the molecule is CCCc1ccc(CN2CC[C@H](NC(=O)c3cc(C)on3)[C@@H](O)C2)o1. The number of rotatable bonds is 6. The highest BCUT2D eigenvalue weighted by Crippen LogP contribution is 2.17. The Morgan fingerprint density at radius 1 is 1.44 bits per heavy atom. The topological polar surface area (TPSA) is 91.7 Å². The smallest absolute Gasteiger partial charge is 0.273 e. The van der Waals surface area contributed by atoms with E-state index >= 15 is 0 Å². The molecule has 25 heavy (non-hydrogen) atoms. The lowest BCUT2D eigenvalue weighted by Crippen LogP contribution is -2.53. The van der Waals surface area contributed by atoms with Gasteiger partial charge in [0.15, 0.2) is 5.69 Å². The number of likely N-dealkylation sites (tertiary alicyclic amines) is 1. The van der Waals surface area contributed by atoms with E-state index in [0.717, 1.165) is 30.9 Å². The van der Waals surface area contributed by atoms with Crippen LogP contribution < -0.4 is 5.32 Å². The Morgan fingerprint density at radius 2 is 2.24 bits per heavy atom. The molecule has 0 spiro atoms. The molecule has 0 unspecified atom stereocenters. The number of furan rings is 1. The highest BCUT2D eigenvalue weighted by Gasteiger charge is 2.30. The minimum atomic E-state index is -0.629. The second kappa shape index (κ2) is 7.84. The molecule has 0 saturated carbocycles. The highest BCUT2D eigenvalue weighted by atomic mass is 16.5. The predicted molar refractivity (Wildman–Crippen MR) is 91.1 cm³/mol. The fraction of sp³-hybridized carbons (Fsp3) is 0.556. The van der Waals surface area contributed by atoms with Gasteiger partial charge in [-0.3, -0.25) is 9.69 Å². The Kier molecular flexibility index (Phi) is 5.55. The number of piperidine rings is 1. The van der Waals surface area contributed by atoms with Crippen LogP contribution in [0.4, 0.5) is 0 Å². The van der Waals surface area contributed by atoms with Crippen LogP contribution in [0.5, 0.6) is 0 Å². The summed E-state index contributed by atoms with van der Waals surface area (Å²) in [7, 11) is 0. The number of carbonyl (C=O) groups is 1. The summed E-state index contributed by atoms with van der Waals surface area (Å²) >= 11 is 0. The third-order valence-electron chi connectivity index (χ3n) is 4.44. The molecule has 7 nitrogen and oxygen atoms in total. The van der Waals surface area contributed by atoms with Crippen molar-refractivity contribution in [1.29, 1.82) is 0 Å². The van der Waals surface area contributed by atoms with E-state index in [9.17, 15) is 9.90 Å². The number of β-amino-alcohol motifs (C(OH)–C–C–N with tert-alkyl or cyclic N) is 1. The number of nitrogens with zero attached hydrogens (tertiary/aromatic N) is 2. The van der Waals surface area contributed by atoms with Gasteiger partial charge in [-0.1, -0.05) is 12.1 Å². The van der Waals surface area contributed by atoms with Crippen LogP contribution in [-0.2, 0) is 13.0 Å². The molecule has 1 aliphatic heterocycles. The number of amides is 1. The third-order valence-corrected chi connectivity index (χ3v) is 4.44. The number of nitrogens with one attached hydrogen (secondary N) is 1. The zero-order valence-corrected chi connectivity index (χ0v) is 14.7. The third kappa shape index (κ3) is 4.49. The number of hydrogen-bond acceptors (Lipinski definition) is 6. The Bertz CT molecular complexity index is 709. The van der Waals surface area contributed by atoms with Crippen LogP contribution in [-0.4, -0.2) is 46.3 Å². The lowest BCUT2D eigenvalue weighted by molar-refractivity contribution is 0.0323. The van der Waals surface area contributed by atoms with Crippen molar-refractivity contribution in [2.75, 3.05) is 13.1 Å². The highest BCUT2D eigenvalue weighted by molar-refractivity contribution is 5.92. The molecule has 7 heteroatoms. The Balaban J connectivity index is 1.50. The second-order valence-corrected chi connectivity index (χ2v) is 6.61. The molecule has 2 N–H and O–H groups in total. The number of aromatic nitrogens is 1. The molecular formula is C18H25N3O4. The van der Waals surface area contributed by atoms with E-state index in [0.29, 0.717) is 25.3 Å². The van der Waals surface area contributed by atoms with Crippen molar-refractivity contribution in [2.45, 2.75) is 51.8 Å². The summed E-state index contributed by atoms with van der Waals surface area (Å²) in [6.07, 6.45) is 2.04. The Hall–Kier alpha value is -2.12. The first-order valence-electron chi connectivity index (χ1n) is 8.77. The molecular weight excluding hydrogens is 322 g/mol. The van der Waals surface area contributed by atoms with Crippen molar-refractivity contribution in [3.8, 4) is 0 Å². The van der Waals surface area contributed by atoms with Crippen molar-refractivity contribution in [1.82, 2.24) is 15.4 Å². The van der Waals surface area contributed by atoms with Crippen molar-refractivity contribution in [3.05, 3.63) is 41.2 Å². The molecule has 3 heterocycles. The van der Waals surface area contributed by atoms with E-state index < -0.39 is 6.10 Å². The predicted octanol–water partition coefficient (Wildman–Crippen LogP) is 1.89. The first kappa shape index (κ1) is 17.7. The van der Waals surface area contributed by atoms with Gasteiger partial charge in [-0.25, -0.2) is 0 Å².